The monoisotopic (exact) mass is 306 g/mol. The highest BCUT2D eigenvalue weighted by Crippen LogP contribution is 2.26. The highest BCUT2D eigenvalue weighted by molar-refractivity contribution is 7.99. The summed E-state index contributed by atoms with van der Waals surface area (Å²) in [5.74, 6) is 1.23. The van der Waals surface area contributed by atoms with Gasteiger partial charge in [-0.1, -0.05) is 36.8 Å². The molecule has 0 fully saturated rings. The van der Waals surface area contributed by atoms with Gasteiger partial charge in [-0.2, -0.15) is 0 Å². The van der Waals surface area contributed by atoms with Crippen LogP contribution in [0.25, 0.3) is 11.0 Å². The molecule has 0 atom stereocenters. The Kier molecular flexibility index (Phi) is 4.77. The van der Waals surface area contributed by atoms with Crippen molar-refractivity contribution in [2.45, 2.75) is 38.8 Å². The lowest BCUT2D eigenvalue weighted by Crippen LogP contribution is -2.31. The lowest BCUT2D eigenvalue weighted by atomic mass is 9.87. The van der Waals surface area contributed by atoms with Crippen LogP contribution in [0.15, 0.2) is 28.5 Å². The smallest absolute Gasteiger partial charge is 0.166 e. The number of hydrogen-bond donors (Lipinski definition) is 3. The lowest BCUT2D eigenvalue weighted by molar-refractivity contribution is 0.305. The van der Waals surface area contributed by atoms with Gasteiger partial charge >= 0.3 is 0 Å². The number of thioether (sulfide) groups is 1. The molecular formula is C15H22N4OS. The molecule has 6 heteroatoms. The number of amidine groups is 1. The molecule has 0 saturated carbocycles. The Balaban J connectivity index is 1.88. The highest BCUT2D eigenvalue weighted by atomic mass is 32.2. The van der Waals surface area contributed by atoms with Gasteiger partial charge in [0.25, 0.3) is 0 Å². The number of nitrogens with one attached hydrogen (secondary N) is 1. The number of oxime groups is 1. The molecule has 114 valence electrons. The molecule has 0 saturated heterocycles. The summed E-state index contributed by atoms with van der Waals surface area (Å²) in [4.78, 5) is 7.89. The average molecular weight is 306 g/mol. The van der Waals surface area contributed by atoms with Crippen LogP contribution in [0, 0.1) is 12.3 Å². The number of H-pyrrole nitrogens is 1. The van der Waals surface area contributed by atoms with E-state index >= 15 is 0 Å². The fourth-order valence-electron chi connectivity index (χ4n) is 2.11. The van der Waals surface area contributed by atoms with Crippen LogP contribution in [-0.4, -0.2) is 26.8 Å². The zero-order valence-corrected chi connectivity index (χ0v) is 13.5. The van der Waals surface area contributed by atoms with E-state index in [4.69, 9.17) is 10.9 Å². The van der Waals surface area contributed by atoms with E-state index in [1.807, 2.05) is 19.9 Å². The molecule has 0 bridgehead atoms. The second-order valence-corrected chi connectivity index (χ2v) is 6.97. The minimum absolute atomic E-state index is 0.277. The summed E-state index contributed by atoms with van der Waals surface area (Å²) in [6, 6.07) is 6.21. The third-order valence-corrected chi connectivity index (χ3v) is 4.56. The second kappa shape index (κ2) is 6.39. The number of aryl methyl sites for hydroxylation is 1. The van der Waals surface area contributed by atoms with Crippen molar-refractivity contribution in [1.82, 2.24) is 9.97 Å². The van der Waals surface area contributed by atoms with Gasteiger partial charge in [0.2, 0.25) is 0 Å². The van der Waals surface area contributed by atoms with Crippen molar-refractivity contribution in [1.29, 1.82) is 0 Å². The van der Waals surface area contributed by atoms with Gasteiger partial charge in [-0.25, -0.2) is 4.98 Å². The summed E-state index contributed by atoms with van der Waals surface area (Å²) in [6.07, 6.45) is 1.85. The van der Waals surface area contributed by atoms with Gasteiger partial charge in [-0.05, 0) is 37.5 Å². The Bertz CT molecular complexity index is 648. The quantitative estimate of drug-likeness (QED) is 0.190. The summed E-state index contributed by atoms with van der Waals surface area (Å²) in [6.45, 7) is 6.04. The first-order valence-electron chi connectivity index (χ1n) is 6.99. The van der Waals surface area contributed by atoms with Gasteiger partial charge in [0.05, 0.1) is 11.0 Å². The molecule has 5 nitrogen and oxygen atoms in total. The van der Waals surface area contributed by atoms with Crippen molar-refractivity contribution in [3.63, 3.8) is 0 Å². The molecule has 1 heterocycles. The minimum Gasteiger partial charge on any atom is -0.409 e. The summed E-state index contributed by atoms with van der Waals surface area (Å²) in [5, 5.41) is 12.8. The molecule has 0 aliphatic rings. The highest BCUT2D eigenvalue weighted by Gasteiger charge is 2.22. The summed E-state index contributed by atoms with van der Waals surface area (Å²) < 4.78 is 0. The third-order valence-electron chi connectivity index (χ3n) is 3.60. The Labute approximate surface area is 129 Å². The average Bonchev–Trinajstić information content (AvgIpc) is 2.84. The Morgan fingerprint density at radius 2 is 2.24 bits per heavy atom. The zero-order valence-electron chi connectivity index (χ0n) is 12.7. The number of hydrogen-bond acceptors (Lipinski definition) is 4. The van der Waals surface area contributed by atoms with Crippen molar-refractivity contribution in [2.24, 2.45) is 16.3 Å². The molecule has 1 aromatic heterocycles. The first-order valence-corrected chi connectivity index (χ1v) is 7.98. The number of benzene rings is 1. The van der Waals surface area contributed by atoms with Crippen LogP contribution in [0.1, 0.15) is 32.3 Å². The first kappa shape index (κ1) is 15.7. The van der Waals surface area contributed by atoms with E-state index < -0.39 is 0 Å². The maximum atomic E-state index is 8.75. The minimum atomic E-state index is -0.277. The number of nitrogens with zero attached hydrogens (tertiary/aromatic N) is 2. The molecule has 2 rings (SSSR count). The SMILES string of the molecule is Cc1ccc2nc(SCCCC(C)(C)C(N)=NO)[nH]c2c1. The largest absolute Gasteiger partial charge is 0.409 e. The maximum Gasteiger partial charge on any atom is 0.166 e. The van der Waals surface area contributed by atoms with E-state index in [2.05, 4.69) is 34.2 Å². The van der Waals surface area contributed by atoms with Crippen molar-refractivity contribution < 1.29 is 5.21 Å². The molecule has 0 aliphatic carbocycles. The Morgan fingerprint density at radius 3 is 2.95 bits per heavy atom. The van der Waals surface area contributed by atoms with E-state index in [1.54, 1.807) is 11.8 Å². The topological polar surface area (TPSA) is 87.3 Å². The first-order chi connectivity index (χ1) is 9.92. The normalized spacial score (nSPS) is 13.0. The van der Waals surface area contributed by atoms with Gasteiger partial charge in [-0.15, -0.1) is 0 Å². The third kappa shape index (κ3) is 3.91. The number of fused-ring (bicyclic) bond motifs is 1. The molecule has 4 N–H and O–H groups in total. The van der Waals surface area contributed by atoms with Crippen LogP contribution in [0.3, 0.4) is 0 Å². The van der Waals surface area contributed by atoms with Crippen molar-refractivity contribution in [2.75, 3.05) is 5.75 Å². The summed E-state index contributed by atoms with van der Waals surface area (Å²) in [5.41, 5.74) is 8.71. The van der Waals surface area contributed by atoms with Crippen molar-refractivity contribution >= 4 is 28.6 Å². The van der Waals surface area contributed by atoms with E-state index in [1.165, 1.54) is 5.56 Å². The summed E-state index contributed by atoms with van der Waals surface area (Å²) >= 11 is 1.70. The molecular weight excluding hydrogens is 284 g/mol. The van der Waals surface area contributed by atoms with Gasteiger partial charge in [0.1, 0.15) is 5.84 Å². The number of aromatic nitrogens is 2. The van der Waals surface area contributed by atoms with Crippen LogP contribution in [0.2, 0.25) is 0 Å². The molecule has 21 heavy (non-hydrogen) atoms. The van der Waals surface area contributed by atoms with Gasteiger partial charge in [-0.3, -0.25) is 0 Å². The predicted molar refractivity (Wildman–Crippen MR) is 88.0 cm³/mol. The number of rotatable bonds is 6. The fourth-order valence-corrected chi connectivity index (χ4v) is 2.94. The number of aromatic amines is 1. The number of nitrogens with two attached hydrogens (primary N) is 1. The summed E-state index contributed by atoms with van der Waals surface area (Å²) in [7, 11) is 0. The fraction of sp³-hybridized carbons (Fsp3) is 0.467. The van der Waals surface area contributed by atoms with Crippen LogP contribution in [0.5, 0.6) is 0 Å². The lowest BCUT2D eigenvalue weighted by Gasteiger charge is -2.22. The molecule has 0 unspecified atom stereocenters. The van der Waals surface area contributed by atoms with Gasteiger partial charge in [0, 0.05) is 11.2 Å². The molecule has 1 aromatic carbocycles. The van der Waals surface area contributed by atoms with Crippen molar-refractivity contribution in [3.05, 3.63) is 23.8 Å². The van der Waals surface area contributed by atoms with E-state index in [0.717, 1.165) is 34.8 Å². The number of imidazole rings is 1. The van der Waals surface area contributed by atoms with Gasteiger partial charge < -0.3 is 15.9 Å². The predicted octanol–water partition coefficient (Wildman–Crippen LogP) is 3.52. The molecule has 2 aromatic rings. The second-order valence-electron chi connectivity index (χ2n) is 5.88. The molecule has 0 radical (unpaired) electrons. The Hall–Kier alpha value is -1.69. The van der Waals surface area contributed by atoms with E-state index in [9.17, 15) is 0 Å². The van der Waals surface area contributed by atoms with E-state index in [0.29, 0.717) is 0 Å². The maximum absolute atomic E-state index is 8.75. The standard InChI is InChI=1S/C15H22N4OS/c1-10-5-6-11-12(9-10)18-14(17-11)21-8-4-7-15(2,3)13(16)19-20/h5-6,9,20H,4,7-8H2,1-3H3,(H2,16,19)(H,17,18). The van der Waals surface area contributed by atoms with E-state index in [-0.39, 0.29) is 11.3 Å². The van der Waals surface area contributed by atoms with Gasteiger partial charge in [0.15, 0.2) is 5.16 Å². The van der Waals surface area contributed by atoms with Crippen LogP contribution in [-0.2, 0) is 0 Å². The van der Waals surface area contributed by atoms with Crippen molar-refractivity contribution in [3.8, 4) is 0 Å². The van der Waals surface area contributed by atoms with Crippen LogP contribution in [0.4, 0.5) is 0 Å². The molecule has 0 amide bonds. The van der Waals surface area contributed by atoms with Crippen LogP contribution >= 0.6 is 11.8 Å². The molecule has 0 spiro atoms. The molecule has 0 aliphatic heterocycles. The zero-order chi connectivity index (χ0) is 15.5. The Morgan fingerprint density at radius 1 is 1.48 bits per heavy atom. The van der Waals surface area contributed by atoms with Crippen LogP contribution < -0.4 is 5.73 Å².